The van der Waals surface area contributed by atoms with E-state index in [1.54, 1.807) is 20.8 Å². The van der Waals surface area contributed by atoms with Crippen LogP contribution in [0.5, 0.6) is 0 Å². The summed E-state index contributed by atoms with van der Waals surface area (Å²) in [6, 6.07) is 8.84. The van der Waals surface area contributed by atoms with Gasteiger partial charge in [0.2, 0.25) is 0 Å². The lowest BCUT2D eigenvalue weighted by molar-refractivity contribution is -0.148. The van der Waals surface area contributed by atoms with Crippen molar-refractivity contribution in [2.24, 2.45) is 5.73 Å². The number of ketones is 1. The van der Waals surface area contributed by atoms with Gasteiger partial charge in [-0.2, -0.15) is 0 Å². The summed E-state index contributed by atoms with van der Waals surface area (Å²) in [6.07, 6.45) is 2.75. The molecule has 0 aliphatic carbocycles. The van der Waals surface area contributed by atoms with Crippen LogP contribution in [-0.2, 0) is 20.7 Å². The third-order valence-corrected chi connectivity index (χ3v) is 2.45. The minimum atomic E-state index is -0.656. The van der Waals surface area contributed by atoms with Crippen LogP contribution in [0.2, 0.25) is 0 Å². The van der Waals surface area contributed by atoms with Gasteiger partial charge in [0.05, 0.1) is 6.04 Å². The number of esters is 1. The van der Waals surface area contributed by atoms with E-state index in [1.165, 1.54) is 6.08 Å². The van der Waals surface area contributed by atoms with Crippen molar-refractivity contribution in [3.63, 3.8) is 0 Å². The second-order valence-corrected chi connectivity index (χ2v) is 5.57. The van der Waals surface area contributed by atoms with Crippen LogP contribution in [0, 0.1) is 0 Å². The highest BCUT2D eigenvalue weighted by atomic mass is 16.6. The Bertz CT molecular complexity index is 486. The van der Waals surface area contributed by atoms with Gasteiger partial charge >= 0.3 is 5.97 Å². The molecule has 1 rings (SSSR count). The first-order valence-corrected chi connectivity index (χ1v) is 6.52. The molecule has 0 saturated carbocycles. The van der Waals surface area contributed by atoms with Crippen LogP contribution in [-0.4, -0.2) is 23.4 Å². The number of hydrogen-bond acceptors (Lipinski definition) is 4. The Morgan fingerprint density at radius 3 is 2.35 bits per heavy atom. The summed E-state index contributed by atoms with van der Waals surface area (Å²) < 4.78 is 5.07. The lowest BCUT2D eigenvalue weighted by Gasteiger charge is -2.17. The SMILES string of the molecule is CC(C)(C)OC(=O)C=CC(=O)C(N)Cc1ccccc1. The zero-order valence-corrected chi connectivity index (χ0v) is 12.1. The number of rotatable bonds is 5. The minimum Gasteiger partial charge on any atom is -0.457 e. The third kappa shape index (κ3) is 6.29. The fraction of sp³-hybridized carbons (Fsp3) is 0.375. The van der Waals surface area contributed by atoms with E-state index >= 15 is 0 Å². The van der Waals surface area contributed by atoms with Gasteiger partial charge in [-0.15, -0.1) is 0 Å². The van der Waals surface area contributed by atoms with E-state index in [-0.39, 0.29) is 5.78 Å². The number of benzene rings is 1. The molecule has 0 amide bonds. The second-order valence-electron chi connectivity index (χ2n) is 5.57. The standard InChI is InChI=1S/C16H21NO3/c1-16(2,3)20-15(19)10-9-14(18)13(17)11-12-7-5-4-6-8-12/h4-10,13H,11,17H2,1-3H3. The molecule has 20 heavy (non-hydrogen) atoms. The fourth-order valence-corrected chi connectivity index (χ4v) is 1.58. The Balaban J connectivity index is 2.51. The Morgan fingerprint density at radius 1 is 1.20 bits per heavy atom. The van der Waals surface area contributed by atoms with E-state index in [0.29, 0.717) is 6.42 Å². The van der Waals surface area contributed by atoms with Crippen LogP contribution in [0.3, 0.4) is 0 Å². The molecule has 0 aromatic heterocycles. The Labute approximate surface area is 119 Å². The maximum absolute atomic E-state index is 11.8. The Hall–Kier alpha value is -1.94. The predicted molar refractivity (Wildman–Crippen MR) is 78.1 cm³/mol. The van der Waals surface area contributed by atoms with Crippen molar-refractivity contribution in [1.82, 2.24) is 0 Å². The van der Waals surface area contributed by atoms with Crippen molar-refractivity contribution >= 4 is 11.8 Å². The van der Waals surface area contributed by atoms with E-state index in [0.717, 1.165) is 11.6 Å². The first kappa shape index (κ1) is 16.1. The fourth-order valence-electron chi connectivity index (χ4n) is 1.58. The minimum absolute atomic E-state index is 0.292. The van der Waals surface area contributed by atoms with E-state index in [2.05, 4.69) is 0 Å². The molecule has 108 valence electrons. The van der Waals surface area contributed by atoms with Gasteiger partial charge in [0.25, 0.3) is 0 Å². The van der Waals surface area contributed by atoms with Crippen molar-refractivity contribution in [3.05, 3.63) is 48.0 Å². The summed E-state index contributed by atoms with van der Waals surface area (Å²) >= 11 is 0. The highest BCUT2D eigenvalue weighted by molar-refractivity contribution is 5.99. The molecule has 1 atom stereocenters. The molecule has 0 aliphatic rings. The van der Waals surface area contributed by atoms with Crippen LogP contribution in [0.4, 0.5) is 0 Å². The molecule has 4 heteroatoms. The molecule has 4 nitrogen and oxygen atoms in total. The largest absolute Gasteiger partial charge is 0.457 e. The molecule has 0 bridgehead atoms. The van der Waals surface area contributed by atoms with Gasteiger partial charge in [-0.25, -0.2) is 4.79 Å². The maximum atomic E-state index is 11.8. The van der Waals surface area contributed by atoms with Gasteiger partial charge in [-0.3, -0.25) is 4.79 Å². The van der Waals surface area contributed by atoms with E-state index in [9.17, 15) is 9.59 Å². The first-order valence-electron chi connectivity index (χ1n) is 6.52. The molecule has 1 unspecified atom stereocenters. The number of carbonyl (C=O) groups excluding carboxylic acids is 2. The van der Waals surface area contributed by atoms with Crippen LogP contribution < -0.4 is 5.73 Å². The molecule has 1 aromatic rings. The average molecular weight is 275 g/mol. The monoisotopic (exact) mass is 275 g/mol. The van der Waals surface area contributed by atoms with Crippen molar-refractivity contribution < 1.29 is 14.3 Å². The predicted octanol–water partition coefficient (Wildman–Crippen LogP) is 2.02. The van der Waals surface area contributed by atoms with Crippen molar-refractivity contribution in [3.8, 4) is 0 Å². The zero-order chi connectivity index (χ0) is 15.2. The lowest BCUT2D eigenvalue weighted by atomic mass is 10.0. The van der Waals surface area contributed by atoms with Gasteiger partial charge in [-0.05, 0) is 38.8 Å². The zero-order valence-electron chi connectivity index (χ0n) is 12.1. The molecule has 0 heterocycles. The van der Waals surface area contributed by atoms with Gasteiger partial charge < -0.3 is 10.5 Å². The lowest BCUT2D eigenvalue weighted by Crippen LogP contribution is -2.31. The first-order chi connectivity index (χ1) is 9.28. The van der Waals surface area contributed by atoms with Crippen LogP contribution in [0.25, 0.3) is 0 Å². The van der Waals surface area contributed by atoms with Crippen LogP contribution in [0.15, 0.2) is 42.5 Å². The summed E-state index contributed by atoms with van der Waals surface area (Å²) in [6.45, 7) is 5.30. The number of ether oxygens (including phenoxy) is 1. The quantitative estimate of drug-likeness (QED) is 0.659. The van der Waals surface area contributed by atoms with Crippen LogP contribution in [0.1, 0.15) is 26.3 Å². The van der Waals surface area contributed by atoms with Crippen molar-refractivity contribution in [1.29, 1.82) is 0 Å². The smallest absolute Gasteiger partial charge is 0.331 e. The second kappa shape index (κ2) is 7.01. The summed E-state index contributed by atoms with van der Waals surface area (Å²) in [5.74, 6) is -0.836. The van der Waals surface area contributed by atoms with Crippen LogP contribution >= 0.6 is 0 Å². The number of carbonyl (C=O) groups is 2. The molecule has 0 saturated heterocycles. The normalized spacial score (nSPS) is 13.2. The molecule has 0 aliphatic heterocycles. The molecule has 0 fully saturated rings. The van der Waals surface area contributed by atoms with Crippen molar-refractivity contribution in [2.45, 2.75) is 38.8 Å². The van der Waals surface area contributed by atoms with Gasteiger partial charge in [0.1, 0.15) is 5.60 Å². The number of nitrogens with two attached hydrogens (primary N) is 1. The summed E-state index contributed by atoms with van der Waals surface area (Å²) in [7, 11) is 0. The van der Waals surface area contributed by atoms with Crippen molar-refractivity contribution in [2.75, 3.05) is 0 Å². The van der Waals surface area contributed by atoms with E-state index in [4.69, 9.17) is 10.5 Å². The summed E-state index contributed by atoms with van der Waals surface area (Å²) in [5.41, 5.74) is 6.22. The van der Waals surface area contributed by atoms with E-state index < -0.39 is 17.6 Å². The van der Waals surface area contributed by atoms with E-state index in [1.807, 2.05) is 30.3 Å². The molecular weight excluding hydrogens is 254 g/mol. The Kier molecular flexibility index (Phi) is 5.65. The average Bonchev–Trinajstić information content (AvgIpc) is 2.35. The highest BCUT2D eigenvalue weighted by Crippen LogP contribution is 2.07. The number of hydrogen-bond donors (Lipinski definition) is 1. The Morgan fingerprint density at radius 2 is 1.80 bits per heavy atom. The molecule has 0 radical (unpaired) electrons. The van der Waals surface area contributed by atoms with Gasteiger partial charge in [-0.1, -0.05) is 30.3 Å². The third-order valence-electron chi connectivity index (χ3n) is 2.45. The molecule has 0 spiro atoms. The highest BCUT2D eigenvalue weighted by Gasteiger charge is 2.15. The molecule has 2 N–H and O–H groups in total. The molecular formula is C16H21NO3. The maximum Gasteiger partial charge on any atom is 0.331 e. The summed E-state index contributed by atoms with van der Waals surface area (Å²) in [5, 5.41) is 0. The summed E-state index contributed by atoms with van der Waals surface area (Å²) in [4.78, 5) is 23.2. The van der Waals surface area contributed by atoms with Gasteiger partial charge in [0, 0.05) is 6.08 Å². The molecule has 1 aromatic carbocycles. The van der Waals surface area contributed by atoms with Gasteiger partial charge in [0.15, 0.2) is 5.78 Å². The topological polar surface area (TPSA) is 69.4 Å².